The van der Waals surface area contributed by atoms with Gasteiger partial charge in [-0.1, -0.05) is 53.6 Å². The van der Waals surface area contributed by atoms with Crippen molar-refractivity contribution in [1.82, 2.24) is 10.2 Å². The molecule has 0 radical (unpaired) electrons. The van der Waals surface area contributed by atoms with Crippen molar-refractivity contribution in [2.24, 2.45) is 17.8 Å². The Labute approximate surface area is 199 Å². The number of carbonyl (C=O) groups excluding carboxylic acids is 1. The van der Waals surface area contributed by atoms with Gasteiger partial charge in [0.2, 0.25) is 5.91 Å². The van der Waals surface area contributed by atoms with Gasteiger partial charge in [-0.25, -0.2) is 0 Å². The third-order valence-electron chi connectivity index (χ3n) is 7.28. The third kappa shape index (κ3) is 7.02. The molecule has 0 spiro atoms. The Bertz CT molecular complexity index is 870. The van der Waals surface area contributed by atoms with Crippen LogP contribution in [0.2, 0.25) is 0 Å². The molecule has 0 aliphatic heterocycles. The van der Waals surface area contributed by atoms with Crippen LogP contribution in [0.25, 0.3) is 0 Å². The summed E-state index contributed by atoms with van der Waals surface area (Å²) in [5.41, 5.74) is 3.54. The third-order valence-corrected chi connectivity index (χ3v) is 7.28. The first kappa shape index (κ1) is 25.7. The van der Waals surface area contributed by atoms with Crippen molar-refractivity contribution >= 4 is 5.91 Å². The number of rotatable bonds is 9. The fourth-order valence-electron chi connectivity index (χ4n) is 5.13. The Balaban J connectivity index is 1.45. The Morgan fingerprint density at radius 2 is 2.09 bits per heavy atom. The van der Waals surface area contributed by atoms with Crippen LogP contribution in [0, 0.1) is 24.7 Å². The molecule has 0 saturated heterocycles. The van der Waals surface area contributed by atoms with E-state index in [-0.39, 0.29) is 23.5 Å². The second kappa shape index (κ2) is 11.0. The Morgan fingerprint density at radius 3 is 2.79 bits per heavy atom. The van der Waals surface area contributed by atoms with E-state index in [4.69, 9.17) is 0 Å². The van der Waals surface area contributed by atoms with E-state index in [1.165, 1.54) is 11.1 Å². The molecule has 3 N–H and O–H groups in total. The van der Waals surface area contributed by atoms with Gasteiger partial charge < -0.3 is 20.4 Å². The van der Waals surface area contributed by atoms with Crippen molar-refractivity contribution in [2.75, 3.05) is 20.1 Å². The summed E-state index contributed by atoms with van der Waals surface area (Å²) >= 11 is 0. The van der Waals surface area contributed by atoms with Gasteiger partial charge in [-0.2, -0.15) is 0 Å². The number of amides is 1. The van der Waals surface area contributed by atoms with E-state index < -0.39 is 6.10 Å². The Morgan fingerprint density at radius 1 is 1.33 bits per heavy atom. The molecule has 0 aromatic heterocycles. The highest BCUT2D eigenvalue weighted by Crippen LogP contribution is 2.47. The van der Waals surface area contributed by atoms with E-state index in [1.807, 2.05) is 52.1 Å². The number of hydrogen-bond donors (Lipinski definition) is 3. The number of aryl methyl sites for hydroxylation is 1. The molecule has 5 heteroatoms. The van der Waals surface area contributed by atoms with Crippen LogP contribution in [0.4, 0.5) is 0 Å². The zero-order chi connectivity index (χ0) is 24.2. The lowest BCUT2D eigenvalue weighted by atomic mass is 9.89. The second-order valence-corrected chi connectivity index (χ2v) is 10.9. The summed E-state index contributed by atoms with van der Waals surface area (Å²) in [6.07, 6.45) is 8.17. The monoisotopic (exact) mass is 454 g/mol. The lowest BCUT2D eigenvalue weighted by Gasteiger charge is -2.32. The van der Waals surface area contributed by atoms with Crippen molar-refractivity contribution in [3.05, 3.63) is 59.2 Å². The molecule has 1 fully saturated rings. The molecular formula is C28H42N2O3. The van der Waals surface area contributed by atoms with Crippen molar-refractivity contribution in [1.29, 1.82) is 0 Å². The average Bonchev–Trinajstić information content (AvgIpc) is 3.24. The van der Waals surface area contributed by atoms with E-state index in [1.54, 1.807) is 4.90 Å². The van der Waals surface area contributed by atoms with Gasteiger partial charge in [0.05, 0.1) is 12.2 Å². The first-order valence-corrected chi connectivity index (χ1v) is 12.3. The maximum absolute atomic E-state index is 12.3. The van der Waals surface area contributed by atoms with Crippen LogP contribution in [0.5, 0.6) is 0 Å². The largest absolute Gasteiger partial charge is 0.392 e. The highest BCUT2D eigenvalue weighted by molar-refractivity contribution is 5.76. The van der Waals surface area contributed by atoms with Gasteiger partial charge in [-0.15, -0.1) is 0 Å². The van der Waals surface area contributed by atoms with Gasteiger partial charge in [0, 0.05) is 44.4 Å². The van der Waals surface area contributed by atoms with Gasteiger partial charge >= 0.3 is 0 Å². The van der Waals surface area contributed by atoms with Gasteiger partial charge in [0.1, 0.15) is 0 Å². The smallest absolute Gasteiger partial charge is 0.224 e. The molecule has 1 amide bonds. The van der Waals surface area contributed by atoms with Gasteiger partial charge in [-0.3, -0.25) is 4.79 Å². The molecule has 33 heavy (non-hydrogen) atoms. The van der Waals surface area contributed by atoms with E-state index in [0.717, 1.165) is 24.9 Å². The van der Waals surface area contributed by atoms with Crippen LogP contribution in [0.15, 0.2) is 48.1 Å². The molecule has 0 unspecified atom stereocenters. The number of allylic oxidation sites excluding steroid dienone is 1. The van der Waals surface area contributed by atoms with Crippen molar-refractivity contribution < 1.29 is 15.0 Å². The molecule has 0 heterocycles. The fraction of sp³-hybridized carbons (Fsp3) is 0.607. The van der Waals surface area contributed by atoms with Crippen LogP contribution in [-0.2, 0) is 11.2 Å². The van der Waals surface area contributed by atoms with Crippen molar-refractivity contribution in [2.45, 2.75) is 71.1 Å². The number of carbonyl (C=O) groups is 1. The van der Waals surface area contributed by atoms with E-state index >= 15 is 0 Å². The van der Waals surface area contributed by atoms with Gasteiger partial charge in [0.15, 0.2) is 0 Å². The minimum atomic E-state index is -0.544. The minimum Gasteiger partial charge on any atom is -0.392 e. The van der Waals surface area contributed by atoms with Crippen LogP contribution in [0.3, 0.4) is 0 Å². The predicted octanol–water partition coefficient (Wildman–Crippen LogP) is 3.63. The maximum atomic E-state index is 12.3. The van der Waals surface area contributed by atoms with E-state index in [9.17, 15) is 15.0 Å². The number of benzene rings is 1. The van der Waals surface area contributed by atoms with Gasteiger partial charge in [-0.05, 0) is 57.9 Å². The van der Waals surface area contributed by atoms with Gasteiger partial charge in [0.25, 0.3) is 0 Å². The number of nitrogens with one attached hydrogen (secondary N) is 1. The number of fused-ring (bicyclic) bond motifs is 1. The standard InChI is InChI=1S/C28H42N2O3/c1-19-7-6-8-20(13-19)15-23(31)9-10-24-25-16-21(14-22(25)17-26(24)32)18-29-12-11-27(33)30(5)28(2,3)4/h6-10,13-14,22-26,29,31-32H,11-12,15-18H2,1-5H3/b10-9+/t22-,23+,24+,25-,26+/m0/s1. The molecule has 0 bridgehead atoms. The number of nitrogens with zero attached hydrogens (tertiary/aromatic N) is 1. The molecule has 1 aromatic rings. The number of hydrogen-bond acceptors (Lipinski definition) is 4. The Hall–Kier alpha value is -1.95. The molecule has 3 rings (SSSR count). The summed E-state index contributed by atoms with van der Waals surface area (Å²) in [6.45, 7) is 9.65. The minimum absolute atomic E-state index is 0.0814. The van der Waals surface area contributed by atoms with Crippen LogP contribution in [-0.4, -0.2) is 58.9 Å². The normalized spacial score (nSPS) is 25.8. The summed E-state index contributed by atoms with van der Waals surface area (Å²) in [6, 6.07) is 8.22. The number of aliphatic hydroxyl groups is 2. The quantitative estimate of drug-likeness (QED) is 0.394. The molecule has 1 aromatic carbocycles. The summed E-state index contributed by atoms with van der Waals surface area (Å²) in [5.74, 6) is 1.03. The summed E-state index contributed by atoms with van der Waals surface area (Å²) in [7, 11) is 1.86. The zero-order valence-electron chi connectivity index (χ0n) is 20.9. The zero-order valence-corrected chi connectivity index (χ0v) is 20.9. The lowest BCUT2D eigenvalue weighted by Crippen LogP contribution is -2.43. The topological polar surface area (TPSA) is 72.8 Å². The summed E-state index contributed by atoms with van der Waals surface area (Å²) < 4.78 is 0. The first-order valence-electron chi connectivity index (χ1n) is 12.3. The highest BCUT2D eigenvalue weighted by Gasteiger charge is 2.43. The van der Waals surface area contributed by atoms with Crippen molar-refractivity contribution in [3.63, 3.8) is 0 Å². The van der Waals surface area contributed by atoms with Crippen molar-refractivity contribution in [3.8, 4) is 0 Å². The maximum Gasteiger partial charge on any atom is 0.224 e. The second-order valence-electron chi connectivity index (χ2n) is 10.9. The van der Waals surface area contributed by atoms with Crippen LogP contribution in [0.1, 0.15) is 51.2 Å². The predicted molar refractivity (Wildman–Crippen MR) is 134 cm³/mol. The molecular weight excluding hydrogens is 412 g/mol. The summed E-state index contributed by atoms with van der Waals surface area (Å²) in [5, 5.41) is 24.5. The Kier molecular flexibility index (Phi) is 8.54. The average molecular weight is 455 g/mol. The molecule has 182 valence electrons. The first-order chi connectivity index (χ1) is 15.5. The highest BCUT2D eigenvalue weighted by atomic mass is 16.3. The molecule has 2 aliphatic rings. The van der Waals surface area contributed by atoms with Crippen LogP contribution < -0.4 is 5.32 Å². The van der Waals surface area contributed by atoms with E-state index in [2.05, 4.69) is 30.4 Å². The van der Waals surface area contributed by atoms with Crippen LogP contribution >= 0.6 is 0 Å². The van der Waals surface area contributed by atoms with E-state index in [0.29, 0.717) is 31.2 Å². The molecule has 5 atom stereocenters. The molecule has 2 aliphatic carbocycles. The molecule has 1 saturated carbocycles. The SMILES string of the molecule is Cc1cccc(C[C@H](O)/C=C/[C@@H]2[C@H]3CC(CNCCC(=O)N(C)C(C)(C)C)=C[C@H]3C[C@H]2O)c1. The number of aliphatic hydroxyl groups excluding tert-OH is 2. The fourth-order valence-corrected chi connectivity index (χ4v) is 5.13. The lowest BCUT2D eigenvalue weighted by molar-refractivity contribution is -0.133. The molecule has 5 nitrogen and oxygen atoms in total. The summed E-state index contributed by atoms with van der Waals surface area (Å²) in [4.78, 5) is 14.1.